The van der Waals surface area contributed by atoms with Crippen molar-refractivity contribution in [2.24, 2.45) is 0 Å². The second-order valence-electron chi connectivity index (χ2n) is 6.79. The Labute approximate surface area is 164 Å². The van der Waals surface area contributed by atoms with Crippen LogP contribution < -0.4 is 5.32 Å². The van der Waals surface area contributed by atoms with Crippen LogP contribution in [0.1, 0.15) is 34.9 Å². The minimum Gasteiger partial charge on any atom is -0.444 e. The maximum Gasteiger partial charge on any atom is 0.339 e. The van der Waals surface area contributed by atoms with Gasteiger partial charge in [0.05, 0.1) is 10.5 Å². The standard InChI is InChI=1S/C20H22N2O5S/c1-22(2)28(25,26)17-12-8-15(9-13-17)20(24)27-18(14-6-4-3-5-7-14)19(23)21-16-10-11-16/h3-9,12-13,16,18H,10-11H2,1-2H3,(H,21,23)/t18-/m1/s1. The molecule has 0 aromatic heterocycles. The molecule has 0 unspecified atom stereocenters. The lowest BCUT2D eigenvalue weighted by molar-refractivity contribution is -0.130. The van der Waals surface area contributed by atoms with Crippen LogP contribution in [0.4, 0.5) is 0 Å². The van der Waals surface area contributed by atoms with Crippen LogP contribution in [0.3, 0.4) is 0 Å². The Bertz CT molecular complexity index is 952. The third kappa shape index (κ3) is 4.58. The van der Waals surface area contributed by atoms with Crippen LogP contribution in [-0.2, 0) is 19.6 Å². The highest BCUT2D eigenvalue weighted by molar-refractivity contribution is 7.89. The lowest BCUT2D eigenvalue weighted by atomic mass is 10.1. The van der Waals surface area contributed by atoms with Gasteiger partial charge in [-0.15, -0.1) is 0 Å². The topological polar surface area (TPSA) is 92.8 Å². The fraction of sp³-hybridized carbons (Fsp3) is 0.300. The van der Waals surface area contributed by atoms with E-state index in [-0.39, 0.29) is 22.4 Å². The third-order valence-corrected chi connectivity index (χ3v) is 6.19. The molecule has 28 heavy (non-hydrogen) atoms. The highest BCUT2D eigenvalue weighted by atomic mass is 32.2. The number of esters is 1. The number of hydrogen-bond acceptors (Lipinski definition) is 5. The van der Waals surface area contributed by atoms with Crippen LogP contribution in [-0.4, -0.2) is 44.7 Å². The number of carbonyl (C=O) groups excluding carboxylic acids is 2. The van der Waals surface area contributed by atoms with E-state index >= 15 is 0 Å². The van der Waals surface area contributed by atoms with Gasteiger partial charge in [-0.2, -0.15) is 0 Å². The highest BCUT2D eigenvalue weighted by Gasteiger charge is 2.31. The molecular formula is C20H22N2O5S. The SMILES string of the molecule is CN(C)S(=O)(=O)c1ccc(C(=O)O[C@@H](C(=O)NC2CC2)c2ccccc2)cc1. The molecule has 0 saturated heterocycles. The summed E-state index contributed by atoms with van der Waals surface area (Å²) >= 11 is 0. The predicted molar refractivity (Wildman–Crippen MR) is 103 cm³/mol. The van der Waals surface area contributed by atoms with Gasteiger partial charge in [-0.1, -0.05) is 30.3 Å². The fourth-order valence-electron chi connectivity index (χ4n) is 2.55. The van der Waals surface area contributed by atoms with Crippen molar-refractivity contribution >= 4 is 21.9 Å². The molecule has 8 heteroatoms. The summed E-state index contributed by atoms with van der Waals surface area (Å²) in [6, 6.07) is 14.3. The highest BCUT2D eigenvalue weighted by Crippen LogP contribution is 2.24. The zero-order chi connectivity index (χ0) is 20.3. The second kappa shape index (κ2) is 8.12. The van der Waals surface area contributed by atoms with Crippen LogP contribution in [0.2, 0.25) is 0 Å². The van der Waals surface area contributed by atoms with E-state index < -0.39 is 22.1 Å². The second-order valence-corrected chi connectivity index (χ2v) is 8.94. The summed E-state index contributed by atoms with van der Waals surface area (Å²) in [5.41, 5.74) is 0.735. The summed E-state index contributed by atoms with van der Waals surface area (Å²) in [5, 5.41) is 2.85. The number of ether oxygens (including phenoxy) is 1. The molecule has 0 aliphatic heterocycles. The van der Waals surface area contributed by atoms with Crippen LogP contribution in [0.5, 0.6) is 0 Å². The number of benzene rings is 2. The maximum absolute atomic E-state index is 12.6. The number of amides is 1. The zero-order valence-corrected chi connectivity index (χ0v) is 16.5. The summed E-state index contributed by atoms with van der Waals surface area (Å²) in [6.45, 7) is 0. The van der Waals surface area contributed by atoms with Gasteiger partial charge >= 0.3 is 5.97 Å². The molecular weight excluding hydrogens is 380 g/mol. The van der Waals surface area contributed by atoms with Crippen molar-refractivity contribution in [1.29, 1.82) is 0 Å². The first-order chi connectivity index (χ1) is 13.3. The number of hydrogen-bond donors (Lipinski definition) is 1. The lowest BCUT2D eigenvalue weighted by Gasteiger charge is -2.18. The van der Waals surface area contributed by atoms with Gasteiger partial charge in [0.2, 0.25) is 16.1 Å². The molecule has 3 rings (SSSR count). The summed E-state index contributed by atoms with van der Waals surface area (Å²) in [7, 11) is -0.726. The normalized spacial score (nSPS) is 15.1. The molecule has 7 nitrogen and oxygen atoms in total. The van der Waals surface area contributed by atoms with Crippen LogP contribution >= 0.6 is 0 Å². The molecule has 1 aliphatic rings. The molecule has 0 radical (unpaired) electrons. The molecule has 2 aromatic rings. The molecule has 1 atom stereocenters. The average molecular weight is 402 g/mol. The van der Waals surface area contributed by atoms with Gasteiger partial charge in [-0.3, -0.25) is 4.79 Å². The van der Waals surface area contributed by atoms with E-state index in [1.807, 2.05) is 6.07 Å². The van der Waals surface area contributed by atoms with Crippen molar-refractivity contribution < 1.29 is 22.7 Å². The van der Waals surface area contributed by atoms with E-state index in [9.17, 15) is 18.0 Å². The van der Waals surface area contributed by atoms with Gasteiger partial charge in [-0.05, 0) is 37.1 Å². The van der Waals surface area contributed by atoms with E-state index in [0.29, 0.717) is 5.56 Å². The van der Waals surface area contributed by atoms with Crippen LogP contribution in [0.15, 0.2) is 59.5 Å². The van der Waals surface area contributed by atoms with Gasteiger partial charge in [-0.25, -0.2) is 17.5 Å². The van der Waals surface area contributed by atoms with Gasteiger partial charge < -0.3 is 10.1 Å². The number of nitrogens with zero attached hydrogens (tertiary/aromatic N) is 1. The van der Waals surface area contributed by atoms with Crippen molar-refractivity contribution in [2.45, 2.75) is 29.9 Å². The van der Waals surface area contributed by atoms with Crippen molar-refractivity contribution in [3.8, 4) is 0 Å². The lowest BCUT2D eigenvalue weighted by Crippen LogP contribution is -2.33. The Balaban J connectivity index is 1.79. The first kappa shape index (κ1) is 20.0. The Hall–Kier alpha value is -2.71. The maximum atomic E-state index is 12.6. The number of nitrogens with one attached hydrogen (secondary N) is 1. The number of sulfonamides is 1. The predicted octanol–water partition coefficient (Wildman–Crippen LogP) is 2.11. The molecule has 0 spiro atoms. The Morgan fingerprint density at radius 3 is 2.18 bits per heavy atom. The zero-order valence-electron chi connectivity index (χ0n) is 15.7. The molecule has 1 fully saturated rings. The van der Waals surface area contributed by atoms with Crippen LogP contribution in [0.25, 0.3) is 0 Å². The average Bonchev–Trinajstić information content (AvgIpc) is 3.50. The number of carbonyl (C=O) groups is 2. The smallest absolute Gasteiger partial charge is 0.339 e. The van der Waals surface area contributed by atoms with Gasteiger partial charge in [0, 0.05) is 25.7 Å². The number of rotatable bonds is 7. The van der Waals surface area contributed by atoms with Gasteiger partial charge in [0.25, 0.3) is 5.91 Å². The minimum atomic E-state index is -3.59. The summed E-state index contributed by atoms with van der Waals surface area (Å²) in [4.78, 5) is 25.2. The summed E-state index contributed by atoms with van der Waals surface area (Å²) in [6.07, 6.45) is 0.769. The summed E-state index contributed by atoms with van der Waals surface area (Å²) < 4.78 is 30.8. The molecule has 0 heterocycles. The largest absolute Gasteiger partial charge is 0.444 e. The summed E-state index contributed by atoms with van der Waals surface area (Å²) in [5.74, 6) is -1.07. The van der Waals surface area contributed by atoms with E-state index in [1.165, 1.54) is 38.4 Å². The van der Waals surface area contributed by atoms with Crippen molar-refractivity contribution in [1.82, 2.24) is 9.62 Å². The van der Waals surface area contributed by atoms with Crippen molar-refractivity contribution in [3.63, 3.8) is 0 Å². The quantitative estimate of drug-likeness (QED) is 0.716. The van der Waals surface area contributed by atoms with E-state index in [2.05, 4.69) is 5.32 Å². The molecule has 1 saturated carbocycles. The van der Waals surface area contributed by atoms with Crippen molar-refractivity contribution in [3.05, 3.63) is 65.7 Å². The molecule has 148 valence electrons. The Morgan fingerprint density at radius 2 is 1.64 bits per heavy atom. The molecule has 2 aromatic carbocycles. The Kier molecular flexibility index (Phi) is 5.81. The third-order valence-electron chi connectivity index (χ3n) is 4.36. The minimum absolute atomic E-state index is 0.0696. The van der Waals surface area contributed by atoms with Gasteiger partial charge in [0.15, 0.2) is 0 Å². The molecule has 1 aliphatic carbocycles. The first-order valence-electron chi connectivity index (χ1n) is 8.88. The van der Waals surface area contributed by atoms with E-state index in [1.54, 1.807) is 24.3 Å². The monoisotopic (exact) mass is 402 g/mol. The Morgan fingerprint density at radius 1 is 1.04 bits per heavy atom. The van der Waals surface area contributed by atoms with Crippen LogP contribution in [0, 0.1) is 0 Å². The van der Waals surface area contributed by atoms with E-state index in [0.717, 1.165) is 17.1 Å². The van der Waals surface area contributed by atoms with Crippen molar-refractivity contribution in [2.75, 3.05) is 14.1 Å². The van der Waals surface area contributed by atoms with E-state index in [4.69, 9.17) is 4.74 Å². The molecule has 0 bridgehead atoms. The van der Waals surface area contributed by atoms with Gasteiger partial charge in [0.1, 0.15) is 0 Å². The molecule has 1 N–H and O–H groups in total. The fourth-order valence-corrected chi connectivity index (χ4v) is 3.46. The first-order valence-corrected chi connectivity index (χ1v) is 10.3. The molecule has 1 amide bonds.